The van der Waals surface area contributed by atoms with Gasteiger partial charge in [-0.2, -0.15) is 0 Å². The van der Waals surface area contributed by atoms with Crippen LogP contribution in [-0.4, -0.2) is 12.5 Å². The maximum absolute atomic E-state index is 12.0. The second-order valence-electron chi connectivity index (χ2n) is 4.37. The molecule has 0 aliphatic carbocycles. The number of nitrogen functional groups attached to an aromatic ring is 1. The lowest BCUT2D eigenvalue weighted by atomic mass is 10.1. The topological polar surface area (TPSA) is 55.1 Å². The van der Waals surface area contributed by atoms with Crippen molar-refractivity contribution >= 4 is 39.1 Å². The predicted octanol–water partition coefficient (Wildman–Crippen LogP) is 3.66. The maximum Gasteiger partial charge on any atom is 0.253 e. The van der Waals surface area contributed by atoms with Crippen molar-refractivity contribution in [1.82, 2.24) is 5.32 Å². The summed E-state index contributed by atoms with van der Waals surface area (Å²) < 4.78 is 0.852. The molecule has 0 aromatic heterocycles. The Morgan fingerprint density at radius 2 is 2.05 bits per heavy atom. The van der Waals surface area contributed by atoms with E-state index in [1.807, 2.05) is 24.3 Å². The molecule has 0 unspecified atom stereocenters. The lowest BCUT2D eigenvalue weighted by Gasteiger charge is -2.08. The molecule has 0 bridgehead atoms. The molecule has 3 N–H and O–H groups in total. The Balaban J connectivity index is 1.92. The zero-order valence-electron chi connectivity index (χ0n) is 10.7. The third-order valence-corrected chi connectivity index (χ3v) is 3.57. The van der Waals surface area contributed by atoms with Crippen molar-refractivity contribution in [2.45, 2.75) is 6.42 Å². The number of hydrogen-bond donors (Lipinski definition) is 2. The van der Waals surface area contributed by atoms with Crippen LogP contribution < -0.4 is 11.1 Å². The van der Waals surface area contributed by atoms with E-state index in [2.05, 4.69) is 21.2 Å². The number of amides is 1. The van der Waals surface area contributed by atoms with E-state index in [1.165, 1.54) is 0 Å². The second kappa shape index (κ2) is 6.77. The Morgan fingerprint density at radius 3 is 2.75 bits per heavy atom. The number of anilines is 1. The normalized spacial score (nSPS) is 10.3. The number of nitrogens with one attached hydrogen (secondary N) is 1. The van der Waals surface area contributed by atoms with E-state index in [4.69, 9.17) is 17.3 Å². The summed E-state index contributed by atoms with van der Waals surface area (Å²) in [6.45, 7) is 0.536. The first-order valence-electron chi connectivity index (χ1n) is 6.14. The van der Waals surface area contributed by atoms with Crippen LogP contribution in [0.15, 0.2) is 46.9 Å². The largest absolute Gasteiger partial charge is 0.398 e. The minimum Gasteiger partial charge on any atom is -0.398 e. The van der Waals surface area contributed by atoms with Crippen LogP contribution in [0.1, 0.15) is 15.9 Å². The fraction of sp³-hybridized carbons (Fsp3) is 0.133. The molecule has 0 saturated heterocycles. The SMILES string of the molecule is Nc1cc(Br)ccc1C(=O)NCCc1cccc(Cl)c1. The summed E-state index contributed by atoms with van der Waals surface area (Å²) in [6, 6.07) is 12.8. The third kappa shape index (κ3) is 3.99. The molecule has 0 aliphatic heterocycles. The lowest BCUT2D eigenvalue weighted by Crippen LogP contribution is -2.26. The van der Waals surface area contributed by atoms with E-state index in [1.54, 1.807) is 18.2 Å². The van der Waals surface area contributed by atoms with Gasteiger partial charge in [-0.3, -0.25) is 4.79 Å². The molecular weight excluding hydrogens is 340 g/mol. The van der Waals surface area contributed by atoms with Crippen LogP contribution in [0.5, 0.6) is 0 Å². The van der Waals surface area contributed by atoms with Crippen LogP contribution in [0.3, 0.4) is 0 Å². The van der Waals surface area contributed by atoms with Gasteiger partial charge in [0.05, 0.1) is 5.56 Å². The van der Waals surface area contributed by atoms with Gasteiger partial charge in [0.15, 0.2) is 0 Å². The van der Waals surface area contributed by atoms with Crippen LogP contribution in [0.2, 0.25) is 5.02 Å². The van der Waals surface area contributed by atoms with Gasteiger partial charge in [0, 0.05) is 21.7 Å². The van der Waals surface area contributed by atoms with Gasteiger partial charge in [-0.05, 0) is 42.3 Å². The smallest absolute Gasteiger partial charge is 0.253 e. The molecule has 0 atom stereocenters. The van der Waals surface area contributed by atoms with Crippen molar-refractivity contribution in [2.24, 2.45) is 0 Å². The van der Waals surface area contributed by atoms with Crippen LogP contribution in [0.4, 0.5) is 5.69 Å². The maximum atomic E-state index is 12.0. The standard InChI is InChI=1S/C15H14BrClN2O/c16-11-4-5-13(14(18)9-11)15(20)19-7-6-10-2-1-3-12(17)8-10/h1-5,8-9H,6-7,18H2,(H,19,20). The molecule has 0 spiro atoms. The number of nitrogens with two attached hydrogens (primary N) is 1. The van der Waals surface area contributed by atoms with Gasteiger partial charge >= 0.3 is 0 Å². The third-order valence-electron chi connectivity index (χ3n) is 2.85. The van der Waals surface area contributed by atoms with E-state index in [9.17, 15) is 4.79 Å². The van der Waals surface area contributed by atoms with Crippen molar-refractivity contribution in [3.05, 3.63) is 63.1 Å². The molecule has 2 aromatic rings. The van der Waals surface area contributed by atoms with Gasteiger partial charge in [0.25, 0.3) is 5.91 Å². The summed E-state index contributed by atoms with van der Waals surface area (Å²) in [5.41, 5.74) is 7.84. The molecule has 2 aromatic carbocycles. The van der Waals surface area contributed by atoms with Crippen LogP contribution >= 0.6 is 27.5 Å². The number of carbonyl (C=O) groups is 1. The quantitative estimate of drug-likeness (QED) is 0.824. The van der Waals surface area contributed by atoms with E-state index < -0.39 is 0 Å². The summed E-state index contributed by atoms with van der Waals surface area (Å²) in [5, 5.41) is 3.55. The van der Waals surface area contributed by atoms with E-state index >= 15 is 0 Å². The minimum atomic E-state index is -0.169. The summed E-state index contributed by atoms with van der Waals surface area (Å²) in [7, 11) is 0. The number of rotatable bonds is 4. The minimum absolute atomic E-state index is 0.169. The zero-order chi connectivity index (χ0) is 14.5. The van der Waals surface area contributed by atoms with Gasteiger partial charge in [-0.15, -0.1) is 0 Å². The summed E-state index contributed by atoms with van der Waals surface area (Å²) in [6.07, 6.45) is 0.725. The average Bonchev–Trinajstić information content (AvgIpc) is 2.38. The number of carbonyl (C=O) groups excluding carboxylic acids is 1. The lowest BCUT2D eigenvalue weighted by molar-refractivity contribution is 0.0955. The average molecular weight is 354 g/mol. The van der Waals surface area contributed by atoms with Crippen molar-refractivity contribution < 1.29 is 4.79 Å². The molecule has 0 radical (unpaired) electrons. The fourth-order valence-corrected chi connectivity index (χ4v) is 2.44. The summed E-state index contributed by atoms with van der Waals surface area (Å²) >= 11 is 9.22. The van der Waals surface area contributed by atoms with Crippen molar-refractivity contribution in [2.75, 3.05) is 12.3 Å². The first-order valence-corrected chi connectivity index (χ1v) is 7.31. The van der Waals surface area contributed by atoms with Gasteiger partial charge in [-0.1, -0.05) is 39.7 Å². The Bertz CT molecular complexity index is 631. The van der Waals surface area contributed by atoms with Crippen molar-refractivity contribution in [3.63, 3.8) is 0 Å². The molecule has 2 rings (SSSR count). The molecule has 0 fully saturated rings. The Labute approximate surface area is 131 Å². The van der Waals surface area contributed by atoms with Gasteiger partial charge < -0.3 is 11.1 Å². The first kappa shape index (κ1) is 14.9. The highest BCUT2D eigenvalue weighted by molar-refractivity contribution is 9.10. The molecule has 0 saturated carbocycles. The molecule has 0 heterocycles. The number of benzene rings is 2. The molecule has 20 heavy (non-hydrogen) atoms. The highest BCUT2D eigenvalue weighted by Crippen LogP contribution is 2.18. The fourth-order valence-electron chi connectivity index (χ4n) is 1.85. The van der Waals surface area contributed by atoms with Crippen molar-refractivity contribution in [1.29, 1.82) is 0 Å². The summed E-state index contributed by atoms with van der Waals surface area (Å²) in [4.78, 5) is 12.0. The second-order valence-corrected chi connectivity index (χ2v) is 5.72. The molecule has 3 nitrogen and oxygen atoms in total. The summed E-state index contributed by atoms with van der Waals surface area (Å²) in [5.74, 6) is -0.169. The van der Waals surface area contributed by atoms with Gasteiger partial charge in [0.2, 0.25) is 0 Å². The van der Waals surface area contributed by atoms with Crippen LogP contribution in [0.25, 0.3) is 0 Å². The number of hydrogen-bond acceptors (Lipinski definition) is 2. The molecule has 1 amide bonds. The van der Waals surface area contributed by atoms with E-state index in [-0.39, 0.29) is 5.91 Å². The molecule has 104 valence electrons. The molecule has 5 heteroatoms. The van der Waals surface area contributed by atoms with E-state index in [0.29, 0.717) is 22.8 Å². The van der Waals surface area contributed by atoms with Crippen LogP contribution in [-0.2, 0) is 6.42 Å². The van der Waals surface area contributed by atoms with Crippen molar-refractivity contribution in [3.8, 4) is 0 Å². The van der Waals surface area contributed by atoms with Gasteiger partial charge in [-0.25, -0.2) is 0 Å². The first-order chi connectivity index (χ1) is 9.56. The Morgan fingerprint density at radius 1 is 1.25 bits per heavy atom. The number of halogens is 2. The molecule has 0 aliphatic rings. The monoisotopic (exact) mass is 352 g/mol. The van der Waals surface area contributed by atoms with Crippen LogP contribution in [0, 0.1) is 0 Å². The Hall–Kier alpha value is -1.52. The zero-order valence-corrected chi connectivity index (χ0v) is 13.0. The van der Waals surface area contributed by atoms with Gasteiger partial charge in [0.1, 0.15) is 0 Å². The highest BCUT2D eigenvalue weighted by atomic mass is 79.9. The Kier molecular flexibility index (Phi) is 5.04. The van der Waals surface area contributed by atoms with E-state index in [0.717, 1.165) is 16.5 Å². The predicted molar refractivity (Wildman–Crippen MR) is 86.0 cm³/mol. The highest BCUT2D eigenvalue weighted by Gasteiger charge is 2.09. The molecular formula is C15H14BrClN2O.